The van der Waals surface area contributed by atoms with Crippen LogP contribution in [0.1, 0.15) is 24.2 Å². The second-order valence-electron chi connectivity index (χ2n) is 4.74. The second-order valence-corrected chi connectivity index (χ2v) is 4.74. The van der Waals surface area contributed by atoms with Crippen molar-refractivity contribution in [2.24, 2.45) is 0 Å². The molecule has 0 fully saturated rings. The van der Waals surface area contributed by atoms with Gasteiger partial charge in [0.15, 0.2) is 0 Å². The lowest BCUT2D eigenvalue weighted by atomic mass is 10.1. The molecule has 21 heavy (non-hydrogen) atoms. The number of benzene rings is 1. The number of hydrogen-bond donors (Lipinski definition) is 1. The largest absolute Gasteiger partial charge is 0.385 e. The van der Waals surface area contributed by atoms with Crippen molar-refractivity contribution in [1.29, 1.82) is 0 Å². The highest BCUT2D eigenvalue weighted by Gasteiger charge is 2.22. The van der Waals surface area contributed by atoms with Gasteiger partial charge in [-0.2, -0.15) is 0 Å². The van der Waals surface area contributed by atoms with E-state index in [0.29, 0.717) is 18.8 Å². The van der Waals surface area contributed by atoms with Crippen LogP contribution in [-0.4, -0.2) is 49.1 Å². The van der Waals surface area contributed by atoms with Crippen molar-refractivity contribution in [3.8, 4) is 0 Å². The minimum absolute atomic E-state index is 0.104. The number of hydrogen-bond acceptors (Lipinski definition) is 5. The average Bonchev–Trinajstić information content (AvgIpc) is 2.46. The number of nitro benzene ring substituents is 1. The Labute approximate surface area is 124 Å². The normalized spacial score (nSPS) is 11.8. The van der Waals surface area contributed by atoms with Crippen LogP contribution in [0, 0.1) is 10.1 Å². The highest BCUT2D eigenvalue weighted by Crippen LogP contribution is 2.24. The molecule has 0 aliphatic carbocycles. The number of nitrogens with zero attached hydrogens (tertiary/aromatic N) is 2. The van der Waals surface area contributed by atoms with Gasteiger partial charge in [0, 0.05) is 38.5 Å². The molecule has 0 bridgehead atoms. The fourth-order valence-electron chi connectivity index (χ4n) is 1.91. The summed E-state index contributed by atoms with van der Waals surface area (Å²) in [6, 6.07) is 4.11. The van der Waals surface area contributed by atoms with Crippen LogP contribution in [0.15, 0.2) is 18.2 Å². The minimum atomic E-state index is -0.509. The van der Waals surface area contributed by atoms with Crippen molar-refractivity contribution in [3.05, 3.63) is 33.9 Å². The van der Waals surface area contributed by atoms with Gasteiger partial charge in [-0.25, -0.2) is 0 Å². The molecule has 1 aromatic rings. The summed E-state index contributed by atoms with van der Waals surface area (Å²) in [7, 11) is 3.22. The Hall–Kier alpha value is -2.15. The molecular weight excluding hydrogens is 274 g/mol. The maximum absolute atomic E-state index is 12.5. The third-order valence-electron chi connectivity index (χ3n) is 3.20. The molecule has 1 rings (SSSR count). The fraction of sp³-hybridized carbons (Fsp3) is 0.500. The van der Waals surface area contributed by atoms with Crippen LogP contribution in [-0.2, 0) is 4.74 Å². The summed E-state index contributed by atoms with van der Waals surface area (Å²) in [6.07, 6.45) is 0. The first-order valence-corrected chi connectivity index (χ1v) is 6.70. The molecule has 0 aromatic heterocycles. The molecule has 1 aromatic carbocycles. The molecule has 0 aliphatic heterocycles. The van der Waals surface area contributed by atoms with E-state index in [1.54, 1.807) is 20.2 Å². The summed E-state index contributed by atoms with van der Waals surface area (Å²) in [6.45, 7) is 4.77. The van der Waals surface area contributed by atoms with Crippen molar-refractivity contribution >= 4 is 17.3 Å². The second kappa shape index (κ2) is 7.58. The van der Waals surface area contributed by atoms with Gasteiger partial charge in [-0.1, -0.05) is 0 Å². The van der Waals surface area contributed by atoms with Crippen LogP contribution < -0.4 is 5.32 Å². The minimum Gasteiger partial charge on any atom is -0.385 e. The SMILES string of the molecule is CCNc1ccc([N+](=O)[O-])cc1C(=O)N(C)C(C)COC. The molecule has 1 N–H and O–H groups in total. The lowest BCUT2D eigenvalue weighted by Crippen LogP contribution is -2.38. The van der Waals surface area contributed by atoms with E-state index in [0.717, 1.165) is 0 Å². The van der Waals surface area contributed by atoms with Gasteiger partial charge in [0.2, 0.25) is 0 Å². The zero-order valence-electron chi connectivity index (χ0n) is 12.8. The predicted octanol–water partition coefficient (Wildman–Crippen LogP) is 2.13. The Balaban J connectivity index is 3.15. The number of non-ortho nitro benzene ring substituents is 1. The van der Waals surface area contributed by atoms with E-state index >= 15 is 0 Å². The van der Waals surface area contributed by atoms with Gasteiger partial charge in [-0.15, -0.1) is 0 Å². The number of amides is 1. The number of carbonyl (C=O) groups is 1. The van der Waals surface area contributed by atoms with E-state index < -0.39 is 4.92 Å². The highest BCUT2D eigenvalue weighted by atomic mass is 16.6. The number of rotatable bonds is 7. The van der Waals surface area contributed by atoms with Gasteiger partial charge in [-0.3, -0.25) is 14.9 Å². The molecule has 0 heterocycles. The predicted molar refractivity (Wildman–Crippen MR) is 80.7 cm³/mol. The third-order valence-corrected chi connectivity index (χ3v) is 3.20. The van der Waals surface area contributed by atoms with Crippen molar-refractivity contribution in [3.63, 3.8) is 0 Å². The van der Waals surface area contributed by atoms with E-state index in [2.05, 4.69) is 5.32 Å². The van der Waals surface area contributed by atoms with Gasteiger partial charge in [0.25, 0.3) is 11.6 Å². The molecule has 7 heteroatoms. The van der Waals surface area contributed by atoms with Gasteiger partial charge in [0.05, 0.1) is 23.1 Å². The summed E-state index contributed by atoms with van der Waals surface area (Å²) in [5, 5.41) is 13.9. The zero-order valence-corrected chi connectivity index (χ0v) is 12.8. The third kappa shape index (κ3) is 4.16. The van der Waals surface area contributed by atoms with Crippen LogP contribution in [0.3, 0.4) is 0 Å². The molecule has 0 saturated heterocycles. The van der Waals surface area contributed by atoms with E-state index in [1.165, 1.54) is 17.0 Å². The average molecular weight is 295 g/mol. The Morgan fingerprint density at radius 3 is 2.71 bits per heavy atom. The topological polar surface area (TPSA) is 84.7 Å². The summed E-state index contributed by atoms with van der Waals surface area (Å²) >= 11 is 0. The molecule has 1 unspecified atom stereocenters. The number of ether oxygens (including phenoxy) is 1. The van der Waals surface area contributed by atoms with Gasteiger partial charge < -0.3 is 15.0 Å². The molecule has 7 nitrogen and oxygen atoms in total. The number of anilines is 1. The maximum Gasteiger partial charge on any atom is 0.270 e. The number of methoxy groups -OCH3 is 1. The summed E-state index contributed by atoms with van der Waals surface area (Å²) in [5.41, 5.74) is 0.772. The van der Waals surface area contributed by atoms with Crippen LogP contribution in [0.2, 0.25) is 0 Å². The van der Waals surface area contributed by atoms with E-state index in [9.17, 15) is 14.9 Å². The maximum atomic E-state index is 12.5. The summed E-state index contributed by atoms with van der Waals surface area (Å²) in [4.78, 5) is 24.4. The summed E-state index contributed by atoms with van der Waals surface area (Å²) < 4.78 is 5.03. The fourth-order valence-corrected chi connectivity index (χ4v) is 1.91. The molecular formula is C14H21N3O4. The van der Waals surface area contributed by atoms with Crippen LogP contribution in [0.4, 0.5) is 11.4 Å². The van der Waals surface area contributed by atoms with E-state index in [4.69, 9.17) is 4.74 Å². The molecule has 1 amide bonds. The van der Waals surface area contributed by atoms with Crippen LogP contribution >= 0.6 is 0 Å². The quantitative estimate of drug-likeness (QED) is 0.615. The van der Waals surface area contributed by atoms with Crippen molar-refractivity contribution in [2.75, 3.05) is 32.6 Å². The smallest absolute Gasteiger partial charge is 0.270 e. The van der Waals surface area contributed by atoms with E-state index in [1.807, 2.05) is 13.8 Å². The first-order valence-electron chi connectivity index (χ1n) is 6.70. The zero-order chi connectivity index (χ0) is 16.0. The molecule has 1 atom stereocenters. The molecule has 0 radical (unpaired) electrons. The van der Waals surface area contributed by atoms with E-state index in [-0.39, 0.29) is 23.2 Å². The van der Waals surface area contributed by atoms with Crippen LogP contribution in [0.25, 0.3) is 0 Å². The number of likely N-dealkylation sites (N-methyl/N-ethyl adjacent to an activating group) is 1. The Morgan fingerprint density at radius 2 is 2.19 bits per heavy atom. The van der Waals surface area contributed by atoms with Gasteiger partial charge in [0.1, 0.15) is 0 Å². The Kier molecular flexibility index (Phi) is 6.10. The van der Waals surface area contributed by atoms with Crippen molar-refractivity contribution in [2.45, 2.75) is 19.9 Å². The Bertz CT molecular complexity index is 519. The molecule has 0 saturated carbocycles. The van der Waals surface area contributed by atoms with Gasteiger partial charge >= 0.3 is 0 Å². The van der Waals surface area contributed by atoms with Crippen LogP contribution in [0.5, 0.6) is 0 Å². The molecule has 116 valence electrons. The molecule has 0 spiro atoms. The number of nitro groups is 1. The molecule has 0 aliphatic rings. The van der Waals surface area contributed by atoms with Crippen molar-refractivity contribution in [1.82, 2.24) is 4.90 Å². The lowest BCUT2D eigenvalue weighted by molar-refractivity contribution is -0.384. The first-order chi connectivity index (χ1) is 9.92. The van der Waals surface area contributed by atoms with Crippen molar-refractivity contribution < 1.29 is 14.5 Å². The number of nitrogens with one attached hydrogen (secondary N) is 1. The monoisotopic (exact) mass is 295 g/mol. The van der Waals surface area contributed by atoms with Gasteiger partial charge in [-0.05, 0) is 19.9 Å². The highest BCUT2D eigenvalue weighted by molar-refractivity contribution is 6.00. The summed E-state index contributed by atoms with van der Waals surface area (Å²) in [5.74, 6) is -0.279. The first kappa shape index (κ1) is 16.9. The number of carbonyl (C=O) groups excluding carboxylic acids is 1. The standard InChI is InChI=1S/C14H21N3O4/c1-5-15-13-7-6-11(17(19)20)8-12(13)14(18)16(3)10(2)9-21-4/h6-8,10,15H,5,9H2,1-4H3. The lowest BCUT2D eigenvalue weighted by Gasteiger charge is -2.25. The Morgan fingerprint density at radius 1 is 1.52 bits per heavy atom.